The standard InChI is InChI=1S/C10H20N2O/c1-5-6-8(2)12-9(3)7-10(13)11-4/h5,8-9,12H,1,6-7H2,2-4H3,(H,11,13). The number of carbonyl (C=O) groups excluding carboxylic acids is 1. The topological polar surface area (TPSA) is 41.1 Å². The molecule has 13 heavy (non-hydrogen) atoms. The van der Waals surface area contributed by atoms with Crippen LogP contribution >= 0.6 is 0 Å². The number of hydrogen-bond donors (Lipinski definition) is 2. The molecule has 0 aliphatic heterocycles. The maximum atomic E-state index is 11.0. The van der Waals surface area contributed by atoms with Crippen LogP contribution in [0.3, 0.4) is 0 Å². The van der Waals surface area contributed by atoms with Crippen molar-refractivity contribution in [2.45, 2.75) is 38.8 Å². The van der Waals surface area contributed by atoms with Gasteiger partial charge < -0.3 is 10.6 Å². The summed E-state index contributed by atoms with van der Waals surface area (Å²) in [5.41, 5.74) is 0. The Hall–Kier alpha value is -0.830. The molecule has 76 valence electrons. The molecule has 0 heterocycles. The Labute approximate surface area is 80.6 Å². The van der Waals surface area contributed by atoms with Crippen molar-refractivity contribution < 1.29 is 4.79 Å². The average molecular weight is 184 g/mol. The highest BCUT2D eigenvalue weighted by Crippen LogP contribution is 1.96. The zero-order valence-corrected chi connectivity index (χ0v) is 8.76. The first-order valence-corrected chi connectivity index (χ1v) is 4.67. The molecule has 0 bridgehead atoms. The Bertz CT molecular complexity index is 168. The van der Waals surface area contributed by atoms with E-state index in [9.17, 15) is 4.79 Å². The van der Waals surface area contributed by atoms with Crippen molar-refractivity contribution in [3.05, 3.63) is 12.7 Å². The summed E-state index contributed by atoms with van der Waals surface area (Å²) in [6.07, 6.45) is 3.33. The lowest BCUT2D eigenvalue weighted by molar-refractivity contribution is -0.121. The predicted octanol–water partition coefficient (Wildman–Crippen LogP) is 1.07. The SMILES string of the molecule is C=CCC(C)NC(C)CC(=O)NC. The lowest BCUT2D eigenvalue weighted by Gasteiger charge is -2.17. The van der Waals surface area contributed by atoms with Crippen molar-refractivity contribution in [3.8, 4) is 0 Å². The number of hydrogen-bond acceptors (Lipinski definition) is 2. The van der Waals surface area contributed by atoms with E-state index in [0.717, 1.165) is 6.42 Å². The van der Waals surface area contributed by atoms with Gasteiger partial charge in [-0.3, -0.25) is 4.79 Å². The molecule has 3 heteroatoms. The molecule has 0 aliphatic rings. The minimum atomic E-state index is 0.0748. The van der Waals surface area contributed by atoms with Crippen molar-refractivity contribution in [2.75, 3.05) is 7.05 Å². The first-order valence-electron chi connectivity index (χ1n) is 4.67. The Kier molecular flexibility index (Phi) is 6.24. The summed E-state index contributed by atoms with van der Waals surface area (Å²) >= 11 is 0. The highest BCUT2D eigenvalue weighted by molar-refractivity contribution is 5.76. The fraction of sp³-hybridized carbons (Fsp3) is 0.700. The average Bonchev–Trinajstić information content (AvgIpc) is 2.04. The quantitative estimate of drug-likeness (QED) is 0.606. The Morgan fingerprint density at radius 1 is 1.46 bits per heavy atom. The lowest BCUT2D eigenvalue weighted by Crippen LogP contribution is -2.37. The molecule has 2 atom stereocenters. The van der Waals surface area contributed by atoms with Gasteiger partial charge in [0.2, 0.25) is 5.91 Å². The van der Waals surface area contributed by atoms with E-state index in [1.807, 2.05) is 13.0 Å². The molecule has 0 aromatic carbocycles. The zero-order valence-electron chi connectivity index (χ0n) is 8.76. The molecular weight excluding hydrogens is 164 g/mol. The van der Waals surface area contributed by atoms with E-state index < -0.39 is 0 Å². The summed E-state index contributed by atoms with van der Waals surface area (Å²) in [5, 5.41) is 5.92. The van der Waals surface area contributed by atoms with Crippen molar-refractivity contribution in [1.29, 1.82) is 0 Å². The zero-order chi connectivity index (χ0) is 10.3. The van der Waals surface area contributed by atoms with Crippen molar-refractivity contribution in [2.24, 2.45) is 0 Å². The summed E-state index contributed by atoms with van der Waals surface area (Å²) < 4.78 is 0. The summed E-state index contributed by atoms with van der Waals surface area (Å²) in [6.45, 7) is 7.76. The summed E-state index contributed by atoms with van der Waals surface area (Å²) in [4.78, 5) is 11.0. The normalized spacial score (nSPS) is 14.7. The minimum Gasteiger partial charge on any atom is -0.359 e. The molecule has 2 N–H and O–H groups in total. The van der Waals surface area contributed by atoms with Crippen LogP contribution in [0.1, 0.15) is 26.7 Å². The molecule has 0 spiro atoms. The van der Waals surface area contributed by atoms with Crippen LogP contribution in [0.5, 0.6) is 0 Å². The van der Waals surface area contributed by atoms with Crippen molar-refractivity contribution >= 4 is 5.91 Å². The van der Waals surface area contributed by atoms with E-state index in [1.54, 1.807) is 7.05 Å². The molecule has 2 unspecified atom stereocenters. The van der Waals surface area contributed by atoms with E-state index in [-0.39, 0.29) is 11.9 Å². The van der Waals surface area contributed by atoms with Gasteiger partial charge in [0.15, 0.2) is 0 Å². The van der Waals surface area contributed by atoms with Crippen LogP contribution in [0, 0.1) is 0 Å². The van der Waals surface area contributed by atoms with Gasteiger partial charge in [0.05, 0.1) is 0 Å². The Morgan fingerprint density at radius 3 is 2.54 bits per heavy atom. The molecule has 3 nitrogen and oxygen atoms in total. The molecule has 0 saturated heterocycles. The first kappa shape index (κ1) is 12.2. The van der Waals surface area contributed by atoms with E-state index in [0.29, 0.717) is 12.5 Å². The molecule has 0 rings (SSSR count). The van der Waals surface area contributed by atoms with Gasteiger partial charge in [-0.25, -0.2) is 0 Å². The fourth-order valence-electron chi connectivity index (χ4n) is 1.24. The number of carbonyl (C=O) groups is 1. The van der Waals surface area contributed by atoms with Crippen LogP contribution < -0.4 is 10.6 Å². The molecule has 0 aromatic heterocycles. The van der Waals surface area contributed by atoms with Gasteiger partial charge in [-0.2, -0.15) is 0 Å². The smallest absolute Gasteiger partial charge is 0.221 e. The van der Waals surface area contributed by atoms with Gasteiger partial charge in [-0.05, 0) is 20.3 Å². The summed E-state index contributed by atoms with van der Waals surface area (Å²) in [5.74, 6) is 0.0748. The second kappa shape index (κ2) is 6.66. The van der Waals surface area contributed by atoms with Crippen molar-refractivity contribution in [3.63, 3.8) is 0 Å². The summed E-state index contributed by atoms with van der Waals surface area (Å²) in [7, 11) is 1.65. The van der Waals surface area contributed by atoms with Crippen molar-refractivity contribution in [1.82, 2.24) is 10.6 Å². The van der Waals surface area contributed by atoms with Crippen LogP contribution in [0.2, 0.25) is 0 Å². The van der Waals surface area contributed by atoms with Gasteiger partial charge in [-0.1, -0.05) is 6.08 Å². The lowest BCUT2D eigenvalue weighted by atomic mass is 10.1. The van der Waals surface area contributed by atoms with Gasteiger partial charge in [0.1, 0.15) is 0 Å². The molecular formula is C10H20N2O. The third kappa shape index (κ3) is 6.34. The molecule has 0 radical (unpaired) electrons. The highest BCUT2D eigenvalue weighted by atomic mass is 16.1. The largest absolute Gasteiger partial charge is 0.359 e. The minimum absolute atomic E-state index is 0.0748. The molecule has 0 aromatic rings. The van der Waals surface area contributed by atoms with Gasteiger partial charge in [0.25, 0.3) is 0 Å². The number of amides is 1. The van der Waals surface area contributed by atoms with Gasteiger partial charge in [0, 0.05) is 25.6 Å². The molecule has 1 amide bonds. The molecule has 0 fully saturated rings. The van der Waals surface area contributed by atoms with E-state index in [4.69, 9.17) is 0 Å². The molecule has 0 aliphatic carbocycles. The first-order chi connectivity index (χ1) is 6.10. The van der Waals surface area contributed by atoms with Crippen LogP contribution in [0.15, 0.2) is 12.7 Å². The highest BCUT2D eigenvalue weighted by Gasteiger charge is 2.09. The monoisotopic (exact) mass is 184 g/mol. The van der Waals surface area contributed by atoms with Gasteiger partial charge >= 0.3 is 0 Å². The van der Waals surface area contributed by atoms with E-state index in [1.165, 1.54) is 0 Å². The van der Waals surface area contributed by atoms with Crippen LogP contribution in [-0.4, -0.2) is 25.0 Å². The number of rotatable bonds is 6. The predicted molar refractivity (Wildman–Crippen MR) is 55.6 cm³/mol. The third-order valence-electron chi connectivity index (χ3n) is 1.86. The number of nitrogens with one attached hydrogen (secondary N) is 2. The van der Waals surface area contributed by atoms with E-state index in [2.05, 4.69) is 24.1 Å². The Morgan fingerprint density at radius 2 is 2.08 bits per heavy atom. The maximum absolute atomic E-state index is 11.0. The fourth-order valence-corrected chi connectivity index (χ4v) is 1.24. The second-order valence-corrected chi connectivity index (χ2v) is 3.37. The van der Waals surface area contributed by atoms with Crippen LogP contribution in [0.25, 0.3) is 0 Å². The van der Waals surface area contributed by atoms with Crippen LogP contribution in [-0.2, 0) is 4.79 Å². The second-order valence-electron chi connectivity index (χ2n) is 3.37. The van der Waals surface area contributed by atoms with Crippen LogP contribution in [0.4, 0.5) is 0 Å². The van der Waals surface area contributed by atoms with E-state index >= 15 is 0 Å². The van der Waals surface area contributed by atoms with Gasteiger partial charge in [-0.15, -0.1) is 6.58 Å². The Balaban J connectivity index is 3.66. The molecule has 0 saturated carbocycles. The summed E-state index contributed by atoms with van der Waals surface area (Å²) in [6, 6.07) is 0.604. The maximum Gasteiger partial charge on any atom is 0.221 e. The third-order valence-corrected chi connectivity index (χ3v) is 1.86.